The minimum atomic E-state index is -3.57. The van der Waals surface area contributed by atoms with Crippen LogP contribution in [0.2, 0.25) is 0 Å². The molecule has 1 aromatic carbocycles. The maximum atomic E-state index is 12.6. The molecule has 0 amide bonds. The van der Waals surface area contributed by atoms with Crippen molar-refractivity contribution in [3.05, 3.63) is 24.3 Å². The third-order valence-electron chi connectivity index (χ3n) is 4.11. The Morgan fingerprint density at radius 1 is 1.00 bits per heavy atom. The first-order valence-corrected chi connectivity index (χ1v) is 10.4. The zero-order valence-electron chi connectivity index (χ0n) is 13.7. The van der Waals surface area contributed by atoms with E-state index in [1.807, 2.05) is 7.05 Å². The van der Waals surface area contributed by atoms with Crippen molar-refractivity contribution in [1.82, 2.24) is 14.3 Å². The van der Waals surface area contributed by atoms with Crippen molar-refractivity contribution in [2.24, 2.45) is 5.92 Å². The number of hydrogen-bond donors (Lipinski definition) is 2. The van der Waals surface area contributed by atoms with Gasteiger partial charge in [0.25, 0.3) is 0 Å². The van der Waals surface area contributed by atoms with Crippen molar-refractivity contribution in [3.8, 4) is 0 Å². The van der Waals surface area contributed by atoms with Crippen molar-refractivity contribution in [3.63, 3.8) is 0 Å². The second kappa shape index (κ2) is 8.59. The first kappa shape index (κ1) is 21.3. The molecule has 2 N–H and O–H groups in total. The molecule has 0 atom stereocenters. The Labute approximate surface area is 150 Å². The highest BCUT2D eigenvalue weighted by atomic mass is 35.5. The van der Waals surface area contributed by atoms with Gasteiger partial charge in [0.2, 0.25) is 20.0 Å². The fourth-order valence-electron chi connectivity index (χ4n) is 2.70. The van der Waals surface area contributed by atoms with Gasteiger partial charge in [-0.3, -0.25) is 0 Å². The first-order valence-electron chi connectivity index (χ1n) is 7.49. The Morgan fingerprint density at radius 3 is 1.96 bits per heavy atom. The molecule has 1 saturated heterocycles. The summed E-state index contributed by atoms with van der Waals surface area (Å²) in [5.74, 6) is 0.495. The molecule has 1 aliphatic rings. The van der Waals surface area contributed by atoms with E-state index in [4.69, 9.17) is 0 Å². The molecular weight excluding hydrogens is 374 g/mol. The van der Waals surface area contributed by atoms with Crippen molar-refractivity contribution < 1.29 is 16.8 Å². The molecule has 0 spiro atoms. The second-order valence-corrected chi connectivity index (χ2v) is 9.41. The summed E-state index contributed by atoms with van der Waals surface area (Å²) >= 11 is 0. The Hall–Kier alpha value is -0.710. The van der Waals surface area contributed by atoms with Gasteiger partial charge in [0, 0.05) is 13.1 Å². The summed E-state index contributed by atoms with van der Waals surface area (Å²) in [6.45, 7) is 1.88. The SMILES string of the molecule is CNCC1CCN(S(=O)(=O)c2ccc(S(=O)(=O)NC)cc2)CC1.Cl. The van der Waals surface area contributed by atoms with Crippen molar-refractivity contribution in [1.29, 1.82) is 0 Å². The molecule has 24 heavy (non-hydrogen) atoms. The van der Waals surface area contributed by atoms with Gasteiger partial charge in [-0.1, -0.05) is 0 Å². The van der Waals surface area contributed by atoms with Crippen LogP contribution in [-0.4, -0.2) is 54.9 Å². The molecule has 1 aromatic rings. The third kappa shape index (κ3) is 4.68. The summed E-state index contributed by atoms with van der Waals surface area (Å²) in [4.78, 5) is 0.172. The van der Waals surface area contributed by atoms with Crippen LogP contribution in [0, 0.1) is 5.92 Å². The monoisotopic (exact) mass is 397 g/mol. The van der Waals surface area contributed by atoms with Crippen LogP contribution < -0.4 is 10.0 Å². The lowest BCUT2D eigenvalue weighted by Crippen LogP contribution is -2.40. The number of halogens is 1. The Bertz CT molecular complexity index is 728. The van der Waals surface area contributed by atoms with E-state index in [0.29, 0.717) is 19.0 Å². The van der Waals surface area contributed by atoms with Gasteiger partial charge in [-0.15, -0.1) is 12.4 Å². The topological polar surface area (TPSA) is 95.6 Å². The molecular formula is C14H24ClN3O4S2. The molecule has 0 radical (unpaired) electrons. The number of piperidine rings is 1. The van der Waals surface area contributed by atoms with Gasteiger partial charge in [0.15, 0.2) is 0 Å². The van der Waals surface area contributed by atoms with Gasteiger partial charge in [-0.25, -0.2) is 21.6 Å². The lowest BCUT2D eigenvalue weighted by molar-refractivity contribution is 0.270. The Morgan fingerprint density at radius 2 is 1.50 bits per heavy atom. The Balaban J connectivity index is 0.00000288. The van der Waals surface area contributed by atoms with Crippen LogP contribution in [0.5, 0.6) is 0 Å². The van der Waals surface area contributed by atoms with Crippen molar-refractivity contribution in [2.45, 2.75) is 22.6 Å². The number of nitrogens with one attached hydrogen (secondary N) is 2. The van der Waals surface area contributed by atoms with Crippen LogP contribution in [0.3, 0.4) is 0 Å². The lowest BCUT2D eigenvalue weighted by atomic mass is 9.98. The fourth-order valence-corrected chi connectivity index (χ4v) is 4.90. The molecule has 1 fully saturated rings. The number of sulfonamides is 2. The van der Waals surface area contributed by atoms with Gasteiger partial charge in [-0.2, -0.15) is 4.31 Å². The van der Waals surface area contributed by atoms with Gasteiger partial charge in [0.05, 0.1) is 9.79 Å². The zero-order chi connectivity index (χ0) is 17.1. The van der Waals surface area contributed by atoms with Crippen molar-refractivity contribution in [2.75, 3.05) is 33.7 Å². The van der Waals surface area contributed by atoms with E-state index in [1.165, 1.54) is 35.6 Å². The summed E-state index contributed by atoms with van der Waals surface area (Å²) in [5, 5.41) is 3.12. The summed E-state index contributed by atoms with van der Waals surface area (Å²) in [5.41, 5.74) is 0. The van der Waals surface area contributed by atoms with E-state index in [-0.39, 0.29) is 22.2 Å². The molecule has 0 bridgehead atoms. The largest absolute Gasteiger partial charge is 0.319 e. The van der Waals surface area contributed by atoms with E-state index in [0.717, 1.165) is 19.4 Å². The van der Waals surface area contributed by atoms with E-state index in [1.54, 1.807) is 0 Å². The average molecular weight is 398 g/mol. The predicted molar refractivity (Wildman–Crippen MR) is 95.3 cm³/mol. The maximum Gasteiger partial charge on any atom is 0.243 e. The smallest absolute Gasteiger partial charge is 0.243 e. The summed E-state index contributed by atoms with van der Waals surface area (Å²) in [7, 11) is -3.93. The number of benzene rings is 1. The van der Waals surface area contributed by atoms with Gasteiger partial charge < -0.3 is 5.32 Å². The molecule has 0 saturated carbocycles. The normalized spacial score (nSPS) is 17.4. The fraction of sp³-hybridized carbons (Fsp3) is 0.571. The van der Waals surface area contributed by atoms with Crippen LogP contribution in [-0.2, 0) is 20.0 Å². The number of rotatable bonds is 6. The van der Waals surface area contributed by atoms with Crippen LogP contribution in [0.1, 0.15) is 12.8 Å². The molecule has 2 rings (SSSR count). The highest BCUT2D eigenvalue weighted by Crippen LogP contribution is 2.24. The van der Waals surface area contributed by atoms with E-state index < -0.39 is 20.0 Å². The number of nitrogens with zero attached hydrogens (tertiary/aromatic N) is 1. The molecule has 10 heteroatoms. The summed E-state index contributed by atoms with van der Waals surface area (Å²) in [6.07, 6.45) is 1.65. The molecule has 1 heterocycles. The van der Waals surface area contributed by atoms with Crippen LogP contribution in [0.15, 0.2) is 34.1 Å². The van der Waals surface area contributed by atoms with Gasteiger partial charge >= 0.3 is 0 Å². The predicted octanol–water partition coefficient (Wildman–Crippen LogP) is 0.637. The second-order valence-electron chi connectivity index (χ2n) is 5.58. The standard InChI is InChI=1S/C14H23N3O4S2.ClH/c1-15-11-12-7-9-17(10-8-12)23(20,21)14-5-3-13(4-6-14)22(18,19)16-2;/h3-6,12,15-16H,7-11H2,1-2H3;1H. The molecule has 0 aliphatic carbocycles. The minimum absolute atomic E-state index is 0. The first-order chi connectivity index (χ1) is 10.8. The average Bonchev–Trinajstić information content (AvgIpc) is 2.56. The highest BCUT2D eigenvalue weighted by molar-refractivity contribution is 7.89. The van der Waals surface area contributed by atoms with Gasteiger partial charge in [-0.05, 0) is 63.7 Å². The van der Waals surface area contributed by atoms with E-state index >= 15 is 0 Å². The lowest BCUT2D eigenvalue weighted by Gasteiger charge is -2.31. The maximum absolute atomic E-state index is 12.6. The van der Waals surface area contributed by atoms with Gasteiger partial charge in [0.1, 0.15) is 0 Å². The molecule has 7 nitrogen and oxygen atoms in total. The summed E-state index contributed by atoms with van der Waals surface area (Å²) in [6, 6.07) is 5.32. The highest BCUT2D eigenvalue weighted by Gasteiger charge is 2.29. The minimum Gasteiger partial charge on any atom is -0.319 e. The molecule has 138 valence electrons. The van der Waals surface area contributed by atoms with Crippen molar-refractivity contribution >= 4 is 32.5 Å². The molecule has 1 aliphatic heterocycles. The van der Waals surface area contributed by atoms with E-state index in [2.05, 4.69) is 10.0 Å². The van der Waals surface area contributed by atoms with Crippen LogP contribution in [0.25, 0.3) is 0 Å². The third-order valence-corrected chi connectivity index (χ3v) is 7.45. The van der Waals surface area contributed by atoms with Crippen LogP contribution in [0.4, 0.5) is 0 Å². The van der Waals surface area contributed by atoms with E-state index in [9.17, 15) is 16.8 Å². The molecule has 0 aromatic heterocycles. The summed E-state index contributed by atoms with van der Waals surface area (Å²) < 4.78 is 52.3. The Kier molecular flexibility index (Phi) is 7.64. The number of hydrogen-bond acceptors (Lipinski definition) is 5. The zero-order valence-corrected chi connectivity index (χ0v) is 16.2. The van der Waals surface area contributed by atoms with Crippen LogP contribution >= 0.6 is 12.4 Å². The molecule has 0 unspecified atom stereocenters. The quantitative estimate of drug-likeness (QED) is 0.734.